The molecule has 3 aliphatic rings. The quantitative estimate of drug-likeness (QED) is 0.0945. The van der Waals surface area contributed by atoms with E-state index in [-0.39, 0.29) is 85.9 Å². The number of carbonyl (C=O) groups is 2. The number of phenolic OH excluding ortho intramolecular Hbond substituents is 1. The molecule has 2 N–H and O–H groups in total. The zero-order valence-corrected chi connectivity index (χ0v) is 27.8. The lowest BCUT2D eigenvalue weighted by Crippen LogP contribution is -2.22. The molecule has 2 aliphatic carbocycles. The van der Waals surface area contributed by atoms with Crippen molar-refractivity contribution in [1.29, 1.82) is 0 Å². The Hall–Kier alpha value is -2.59. The van der Waals surface area contributed by atoms with Gasteiger partial charge in [0.1, 0.15) is 28.9 Å². The predicted molar refractivity (Wildman–Crippen MR) is 172 cm³/mol. The number of ketones is 1. The fourth-order valence-corrected chi connectivity index (χ4v) is 7.22. The van der Waals surface area contributed by atoms with Gasteiger partial charge in [-0.25, -0.2) is 0 Å². The Kier molecular flexibility index (Phi) is 10.2. The van der Waals surface area contributed by atoms with Gasteiger partial charge in [-0.3, -0.25) is 14.4 Å². The van der Waals surface area contributed by atoms with E-state index in [1.54, 1.807) is 6.07 Å². The molecule has 2 aromatic carbocycles. The number of aryl methyl sites for hydroxylation is 1. The van der Waals surface area contributed by atoms with Crippen molar-refractivity contribution in [2.24, 2.45) is 11.8 Å². The molecule has 0 bridgehead atoms. The second kappa shape index (κ2) is 13.6. The van der Waals surface area contributed by atoms with Crippen molar-refractivity contribution < 1.29 is 37.8 Å². The molecule has 0 amide bonds. The van der Waals surface area contributed by atoms with E-state index in [9.17, 15) is 29.2 Å². The summed E-state index contributed by atoms with van der Waals surface area (Å²) in [5, 5.41) is 21.8. The Bertz CT molecular complexity index is 1890. The van der Waals surface area contributed by atoms with Gasteiger partial charge in [-0.1, -0.05) is 46.4 Å². The van der Waals surface area contributed by atoms with E-state index in [2.05, 4.69) is 4.52 Å². The lowest BCUT2D eigenvalue weighted by molar-refractivity contribution is -0.124. The van der Waals surface area contributed by atoms with Gasteiger partial charge in [0.05, 0.1) is 28.3 Å². The molecule has 1 fully saturated rings. The highest BCUT2D eigenvalue weighted by atomic mass is 35.5. The largest absolute Gasteiger partial charge is 0.697 e. The van der Waals surface area contributed by atoms with Crippen molar-refractivity contribution in [3.8, 4) is 28.2 Å². The van der Waals surface area contributed by atoms with Crippen LogP contribution in [0.15, 0.2) is 33.5 Å². The molecule has 0 radical (unpaired) electrons. The lowest BCUT2D eigenvalue weighted by atomic mass is 9.87. The molecule has 9 nitrogen and oxygen atoms in total. The second-order valence-electron chi connectivity index (χ2n) is 10.9. The molecule has 4 atom stereocenters. The van der Waals surface area contributed by atoms with Gasteiger partial charge in [0.15, 0.2) is 11.9 Å². The molecule has 14 heteroatoms. The number of phenols is 1. The van der Waals surface area contributed by atoms with Crippen LogP contribution in [-0.2, 0) is 24.8 Å². The maximum absolute atomic E-state index is 13.4. The van der Waals surface area contributed by atoms with E-state index in [1.807, 2.05) is 0 Å². The van der Waals surface area contributed by atoms with Gasteiger partial charge in [-0.2, -0.15) is 0 Å². The van der Waals surface area contributed by atoms with Crippen LogP contribution in [0.4, 0.5) is 0 Å². The molecular weight excluding hydrogens is 689 g/mol. The van der Waals surface area contributed by atoms with E-state index in [1.165, 1.54) is 32.2 Å². The van der Waals surface area contributed by atoms with E-state index < -0.39 is 25.7 Å². The second-order valence-corrected chi connectivity index (χ2v) is 13.5. The van der Waals surface area contributed by atoms with Gasteiger partial charge in [-0.05, 0) is 67.5 Å². The lowest BCUT2D eigenvalue weighted by Gasteiger charge is -2.21. The molecular formula is C31H26Cl4O9P+. The normalized spacial score (nSPS) is 18.6. The first kappa shape index (κ1) is 33.8. The molecule has 0 spiro atoms. The van der Waals surface area contributed by atoms with Crippen LogP contribution < -0.4 is 5.43 Å². The smallest absolute Gasteiger partial charge is 0.506 e. The number of aliphatic hydroxyl groups is 1. The summed E-state index contributed by atoms with van der Waals surface area (Å²) in [6.07, 6.45) is 0.476. The van der Waals surface area contributed by atoms with Gasteiger partial charge in [0, 0.05) is 44.5 Å². The highest BCUT2D eigenvalue weighted by Crippen LogP contribution is 2.48. The fourth-order valence-electron chi connectivity index (χ4n) is 5.95. The zero-order chi connectivity index (χ0) is 32.7. The third kappa shape index (κ3) is 6.51. The first-order valence-electron chi connectivity index (χ1n) is 13.8. The molecule has 1 aliphatic heterocycles. The highest BCUT2D eigenvalue weighted by Gasteiger charge is 2.39. The van der Waals surface area contributed by atoms with Gasteiger partial charge in [-0.15, -0.1) is 9.05 Å². The van der Waals surface area contributed by atoms with Crippen LogP contribution in [0.25, 0.3) is 33.4 Å². The number of Topliss-reactive ketones (excluding diaryl/α,β-unsaturated/α-hetero) is 1. The van der Waals surface area contributed by atoms with Crippen LogP contribution in [0.1, 0.15) is 40.7 Å². The molecule has 45 heavy (non-hydrogen) atoms. The maximum Gasteiger partial charge on any atom is 0.697 e. The number of carbonyl (C=O) groups excluding carboxylic acids is 2. The van der Waals surface area contributed by atoms with Crippen molar-refractivity contribution in [1.82, 2.24) is 0 Å². The Morgan fingerprint density at radius 3 is 2.47 bits per heavy atom. The summed E-state index contributed by atoms with van der Waals surface area (Å²) in [7, 11) is -1.09. The van der Waals surface area contributed by atoms with E-state index in [4.69, 9.17) is 55.3 Å². The van der Waals surface area contributed by atoms with Crippen molar-refractivity contribution >= 4 is 77.7 Å². The SMILES string of the molecule is CO[P+](=O)OCC1CC(O)CC1C(=O)CCc1cc2c(-c3cc(Cl)c(Cl)cc3C=O)c3cc(Cl)c(=O)c(C)c-3oc2c(Cl)c1O. The van der Waals surface area contributed by atoms with Crippen LogP contribution >= 0.6 is 54.7 Å². The number of aliphatic hydroxyl groups excluding tert-OH is 1. The Balaban J connectivity index is 1.63. The van der Waals surface area contributed by atoms with E-state index in [0.29, 0.717) is 40.3 Å². The molecule has 1 heterocycles. The number of rotatable bonds is 10. The summed E-state index contributed by atoms with van der Waals surface area (Å²) in [5.74, 6) is -1.27. The summed E-state index contributed by atoms with van der Waals surface area (Å²) in [4.78, 5) is 38.3. The molecule has 0 saturated heterocycles. The first-order chi connectivity index (χ1) is 21.4. The van der Waals surface area contributed by atoms with Crippen LogP contribution in [0.5, 0.6) is 5.75 Å². The van der Waals surface area contributed by atoms with E-state index >= 15 is 0 Å². The minimum absolute atomic E-state index is 0.0166. The third-order valence-corrected chi connectivity index (χ3v) is 10.2. The number of fused-ring (bicyclic) bond motifs is 2. The molecule has 2 aromatic rings. The number of aromatic hydroxyl groups is 1. The number of halogens is 4. The van der Waals surface area contributed by atoms with Gasteiger partial charge in [0.25, 0.3) is 0 Å². The average molecular weight is 715 g/mol. The minimum Gasteiger partial charge on any atom is -0.506 e. The summed E-state index contributed by atoms with van der Waals surface area (Å²) >= 11 is 25.6. The predicted octanol–water partition coefficient (Wildman–Crippen LogP) is 8.21. The monoisotopic (exact) mass is 713 g/mol. The van der Waals surface area contributed by atoms with Crippen LogP contribution in [0, 0.1) is 18.8 Å². The Labute approximate surface area is 278 Å². The standard InChI is InChI=1S/C31H25Cl4O9P/c1-13-28(39)24(34)10-21-26(19-9-23(33)22(32)7-15(19)11-36)20-6-14(29(40)27(35)31(20)44-30(13)21)3-4-25(38)18-8-17(37)5-16(18)12-43-45(41)42-2/h6-7,9-11,16-18,37H,3-5,8,12H2,1-2H3/p+1. The average Bonchev–Trinajstić information content (AvgIpc) is 3.40. The first-order valence-corrected chi connectivity index (χ1v) is 16.4. The van der Waals surface area contributed by atoms with Crippen LogP contribution in [0.2, 0.25) is 20.1 Å². The van der Waals surface area contributed by atoms with Crippen LogP contribution in [0.3, 0.4) is 0 Å². The molecule has 0 aromatic heterocycles. The van der Waals surface area contributed by atoms with Gasteiger partial charge < -0.3 is 14.6 Å². The third-order valence-electron chi connectivity index (χ3n) is 8.19. The van der Waals surface area contributed by atoms with E-state index in [0.717, 1.165) is 0 Å². The summed E-state index contributed by atoms with van der Waals surface area (Å²) < 4.78 is 27.6. The fraction of sp³-hybridized carbons (Fsp3) is 0.323. The number of benzene rings is 3. The zero-order valence-electron chi connectivity index (χ0n) is 23.9. The highest BCUT2D eigenvalue weighted by molar-refractivity contribution is 7.33. The van der Waals surface area contributed by atoms with Crippen LogP contribution in [-0.4, -0.2) is 42.1 Å². The summed E-state index contributed by atoms with van der Waals surface area (Å²) in [6.45, 7) is 1.52. The molecule has 236 valence electrons. The van der Waals surface area contributed by atoms with Crippen molar-refractivity contribution in [3.05, 3.63) is 71.3 Å². The summed E-state index contributed by atoms with van der Waals surface area (Å²) in [6, 6.07) is 5.94. The number of hydrogen-bond acceptors (Lipinski definition) is 9. The van der Waals surface area contributed by atoms with Gasteiger partial charge >= 0.3 is 8.25 Å². The molecule has 5 rings (SSSR count). The van der Waals surface area contributed by atoms with Crippen molar-refractivity contribution in [2.45, 2.75) is 38.7 Å². The Morgan fingerprint density at radius 2 is 1.78 bits per heavy atom. The topological polar surface area (TPSA) is 140 Å². The van der Waals surface area contributed by atoms with Crippen molar-refractivity contribution in [3.63, 3.8) is 0 Å². The molecule has 4 unspecified atom stereocenters. The minimum atomic E-state index is -2.33. The summed E-state index contributed by atoms with van der Waals surface area (Å²) in [5.41, 5.74) is 1.37. The molecule has 1 saturated carbocycles. The van der Waals surface area contributed by atoms with Gasteiger partial charge in [0.2, 0.25) is 5.43 Å². The van der Waals surface area contributed by atoms with Crippen molar-refractivity contribution in [2.75, 3.05) is 13.7 Å². The number of hydrogen-bond donors (Lipinski definition) is 2. The maximum atomic E-state index is 13.4. The Morgan fingerprint density at radius 1 is 1.09 bits per heavy atom. The number of aldehydes is 1.